The number of rotatable bonds is 10. The highest BCUT2D eigenvalue weighted by atomic mass is 79.9. The maximum atomic E-state index is 4.75. The number of aryl methyl sites for hydroxylation is 2. The quantitative estimate of drug-likeness (QED) is 0.621. The third-order valence-corrected chi connectivity index (χ3v) is 5.58. The smallest absolute Gasteiger partial charge is 0.0766 e. The Hall–Kier alpha value is -0.350. The van der Waals surface area contributed by atoms with Gasteiger partial charge < -0.3 is 5.32 Å². The highest BCUT2D eigenvalue weighted by Gasteiger charge is 2.29. The summed E-state index contributed by atoms with van der Waals surface area (Å²) in [5, 5.41) is 8.38. The van der Waals surface area contributed by atoms with E-state index in [4.69, 9.17) is 5.10 Å². The summed E-state index contributed by atoms with van der Waals surface area (Å²) < 4.78 is 3.41. The molecule has 0 spiro atoms. The van der Waals surface area contributed by atoms with Crippen LogP contribution < -0.4 is 5.32 Å². The average Bonchev–Trinajstić information content (AvgIpc) is 2.82. The van der Waals surface area contributed by atoms with Gasteiger partial charge in [-0.1, -0.05) is 27.7 Å². The molecule has 0 aromatic carbocycles. The largest absolute Gasteiger partial charge is 0.316 e. The Balaban J connectivity index is 3.00. The van der Waals surface area contributed by atoms with E-state index in [2.05, 4.69) is 60.5 Å². The molecule has 0 fully saturated rings. The molecule has 0 unspecified atom stereocenters. The van der Waals surface area contributed by atoms with Gasteiger partial charge in [0.1, 0.15) is 0 Å². The summed E-state index contributed by atoms with van der Waals surface area (Å²) in [5.41, 5.74) is 2.89. The predicted molar refractivity (Wildman–Crippen MR) is 94.9 cm³/mol. The van der Waals surface area contributed by atoms with Crippen molar-refractivity contribution in [2.45, 2.75) is 73.3 Å². The van der Waals surface area contributed by atoms with Gasteiger partial charge in [-0.05, 0) is 66.9 Å². The van der Waals surface area contributed by atoms with E-state index in [0.717, 1.165) is 32.5 Å². The Morgan fingerprint density at radius 3 is 2.29 bits per heavy atom. The van der Waals surface area contributed by atoms with E-state index in [0.29, 0.717) is 5.41 Å². The van der Waals surface area contributed by atoms with Crippen LogP contribution in [0, 0.1) is 5.41 Å². The zero-order chi connectivity index (χ0) is 15.9. The van der Waals surface area contributed by atoms with Crippen molar-refractivity contribution in [1.82, 2.24) is 15.1 Å². The number of halogens is 1. The van der Waals surface area contributed by atoms with Crippen LogP contribution in [-0.4, -0.2) is 22.9 Å². The van der Waals surface area contributed by atoms with Crippen LogP contribution in [0.25, 0.3) is 0 Å². The first-order valence-corrected chi connectivity index (χ1v) is 9.31. The minimum atomic E-state index is 0.329. The topological polar surface area (TPSA) is 29.9 Å². The number of hydrogen-bond donors (Lipinski definition) is 1. The Morgan fingerprint density at radius 1 is 1.14 bits per heavy atom. The predicted octanol–water partition coefficient (Wildman–Crippen LogP) is 4.58. The van der Waals surface area contributed by atoms with Crippen molar-refractivity contribution in [3.63, 3.8) is 0 Å². The third-order valence-electron chi connectivity index (χ3n) is 4.66. The van der Waals surface area contributed by atoms with Crippen LogP contribution in [-0.2, 0) is 19.4 Å². The van der Waals surface area contributed by atoms with Gasteiger partial charge >= 0.3 is 0 Å². The minimum Gasteiger partial charge on any atom is -0.316 e. The molecule has 1 N–H and O–H groups in total. The molecule has 0 bridgehead atoms. The molecule has 0 atom stereocenters. The Kier molecular flexibility index (Phi) is 7.96. The molecule has 1 rings (SSSR count). The lowest BCUT2D eigenvalue weighted by Crippen LogP contribution is -2.36. The molecule has 0 amide bonds. The van der Waals surface area contributed by atoms with E-state index >= 15 is 0 Å². The number of nitrogens with one attached hydrogen (secondary N) is 1. The highest BCUT2D eigenvalue weighted by Crippen LogP contribution is 2.34. The van der Waals surface area contributed by atoms with Crippen molar-refractivity contribution in [1.29, 1.82) is 0 Å². The lowest BCUT2D eigenvalue weighted by Gasteiger charge is -2.32. The van der Waals surface area contributed by atoms with Gasteiger partial charge in [-0.15, -0.1) is 0 Å². The normalized spacial score (nSPS) is 12.1. The SMILES string of the molecule is CCCNCC(CC)(CC)Cc1c(Br)c(CC)nn1CC. The third kappa shape index (κ3) is 4.56. The summed E-state index contributed by atoms with van der Waals surface area (Å²) in [5.74, 6) is 0. The van der Waals surface area contributed by atoms with E-state index in [1.165, 1.54) is 35.1 Å². The number of nitrogens with zero attached hydrogens (tertiary/aromatic N) is 2. The fraction of sp³-hybridized carbons (Fsp3) is 0.824. The molecule has 21 heavy (non-hydrogen) atoms. The Labute approximate surface area is 139 Å². The first-order valence-electron chi connectivity index (χ1n) is 8.52. The molecular weight excluding hydrogens is 326 g/mol. The Morgan fingerprint density at radius 2 is 1.81 bits per heavy atom. The lowest BCUT2D eigenvalue weighted by atomic mass is 9.78. The van der Waals surface area contributed by atoms with Crippen molar-refractivity contribution in [2.75, 3.05) is 13.1 Å². The van der Waals surface area contributed by atoms with Crippen LogP contribution in [0.3, 0.4) is 0 Å². The molecule has 0 saturated heterocycles. The van der Waals surface area contributed by atoms with Crippen molar-refractivity contribution in [3.8, 4) is 0 Å². The molecule has 4 heteroatoms. The van der Waals surface area contributed by atoms with E-state index < -0.39 is 0 Å². The number of hydrogen-bond acceptors (Lipinski definition) is 2. The summed E-state index contributed by atoms with van der Waals surface area (Å²) in [6.45, 7) is 14.4. The fourth-order valence-corrected chi connectivity index (χ4v) is 3.59. The first-order chi connectivity index (χ1) is 10.1. The summed E-state index contributed by atoms with van der Waals surface area (Å²) in [4.78, 5) is 0. The second kappa shape index (κ2) is 8.94. The van der Waals surface area contributed by atoms with Crippen LogP contribution in [0.5, 0.6) is 0 Å². The molecule has 0 radical (unpaired) electrons. The van der Waals surface area contributed by atoms with Crippen LogP contribution in [0.15, 0.2) is 4.47 Å². The van der Waals surface area contributed by atoms with Gasteiger partial charge in [0.25, 0.3) is 0 Å². The highest BCUT2D eigenvalue weighted by molar-refractivity contribution is 9.10. The van der Waals surface area contributed by atoms with Gasteiger partial charge in [0.2, 0.25) is 0 Å². The van der Waals surface area contributed by atoms with Crippen molar-refractivity contribution < 1.29 is 0 Å². The molecule has 0 aliphatic carbocycles. The van der Waals surface area contributed by atoms with E-state index in [1.807, 2.05) is 0 Å². The van der Waals surface area contributed by atoms with Gasteiger partial charge in [-0.25, -0.2) is 0 Å². The Bertz CT molecular complexity index is 422. The van der Waals surface area contributed by atoms with Crippen LogP contribution in [0.1, 0.15) is 65.3 Å². The van der Waals surface area contributed by atoms with Crippen LogP contribution in [0.4, 0.5) is 0 Å². The fourth-order valence-electron chi connectivity index (χ4n) is 2.88. The molecule has 0 aliphatic heterocycles. The van der Waals surface area contributed by atoms with Crippen LogP contribution in [0.2, 0.25) is 0 Å². The zero-order valence-corrected chi connectivity index (χ0v) is 16.0. The minimum absolute atomic E-state index is 0.329. The van der Waals surface area contributed by atoms with E-state index in [1.54, 1.807) is 0 Å². The molecule has 0 saturated carbocycles. The molecule has 0 aliphatic rings. The molecule has 1 aromatic rings. The molecule has 1 aromatic heterocycles. The van der Waals surface area contributed by atoms with Crippen LogP contribution >= 0.6 is 15.9 Å². The molecule has 122 valence electrons. The summed E-state index contributed by atoms with van der Waals surface area (Å²) in [6, 6.07) is 0. The van der Waals surface area contributed by atoms with Crippen molar-refractivity contribution in [3.05, 3.63) is 15.9 Å². The van der Waals surface area contributed by atoms with E-state index in [9.17, 15) is 0 Å². The second-order valence-electron chi connectivity index (χ2n) is 5.94. The van der Waals surface area contributed by atoms with Crippen molar-refractivity contribution in [2.24, 2.45) is 5.41 Å². The van der Waals surface area contributed by atoms with Gasteiger partial charge in [-0.3, -0.25) is 4.68 Å². The van der Waals surface area contributed by atoms with Gasteiger partial charge in [0.05, 0.1) is 15.9 Å². The first kappa shape index (κ1) is 18.7. The van der Waals surface area contributed by atoms with Gasteiger partial charge in [0, 0.05) is 13.1 Å². The van der Waals surface area contributed by atoms with E-state index in [-0.39, 0.29) is 0 Å². The second-order valence-corrected chi connectivity index (χ2v) is 6.73. The monoisotopic (exact) mass is 357 g/mol. The maximum Gasteiger partial charge on any atom is 0.0766 e. The average molecular weight is 358 g/mol. The van der Waals surface area contributed by atoms with Gasteiger partial charge in [-0.2, -0.15) is 5.10 Å². The maximum absolute atomic E-state index is 4.75. The van der Waals surface area contributed by atoms with Gasteiger partial charge in [0.15, 0.2) is 0 Å². The molecule has 1 heterocycles. The molecule has 3 nitrogen and oxygen atoms in total. The number of aromatic nitrogens is 2. The van der Waals surface area contributed by atoms with Crippen molar-refractivity contribution >= 4 is 15.9 Å². The summed E-state index contributed by atoms with van der Waals surface area (Å²) in [7, 11) is 0. The zero-order valence-electron chi connectivity index (χ0n) is 14.4. The molecular formula is C17H32BrN3. The summed E-state index contributed by atoms with van der Waals surface area (Å²) in [6.07, 6.45) is 5.67. The summed E-state index contributed by atoms with van der Waals surface area (Å²) >= 11 is 3.79. The standard InChI is InChI=1S/C17H32BrN3/c1-6-11-19-13-17(8-3,9-4)12-15-16(18)14(7-2)20-21(15)10-5/h19H,6-13H2,1-5H3. The lowest BCUT2D eigenvalue weighted by molar-refractivity contribution is 0.240.